The van der Waals surface area contributed by atoms with Gasteiger partial charge in [0.15, 0.2) is 6.04 Å². The van der Waals surface area contributed by atoms with Gasteiger partial charge < -0.3 is 20.7 Å². The number of amides is 2. The largest absolute Gasteiger partial charge is 0.467 e. The van der Waals surface area contributed by atoms with Gasteiger partial charge in [-0.2, -0.15) is 0 Å². The van der Waals surface area contributed by atoms with Crippen molar-refractivity contribution in [3.63, 3.8) is 0 Å². The van der Waals surface area contributed by atoms with Crippen molar-refractivity contribution in [2.45, 2.75) is 24.9 Å². The maximum Gasteiger partial charge on any atom is 0.333 e. The molecule has 0 aliphatic carbocycles. The number of esters is 1. The van der Waals surface area contributed by atoms with E-state index in [0.717, 1.165) is 30.2 Å². The van der Waals surface area contributed by atoms with Crippen LogP contribution in [0, 0.1) is 0 Å². The second-order valence-corrected chi connectivity index (χ2v) is 6.46. The lowest BCUT2D eigenvalue weighted by molar-refractivity contribution is -0.145. The molecular formula is C20H23N3O4. The molecule has 3 N–H and O–H groups in total. The molecule has 0 bridgehead atoms. The molecule has 1 saturated heterocycles. The SMILES string of the molecule is COC(=O)C(NC(=O)CNC(=O)C1CCCN1)c1cccc2ccccc12. The lowest BCUT2D eigenvalue weighted by Crippen LogP contribution is -2.46. The van der Waals surface area contributed by atoms with Crippen LogP contribution in [0.3, 0.4) is 0 Å². The van der Waals surface area contributed by atoms with Crippen LogP contribution in [0.15, 0.2) is 42.5 Å². The van der Waals surface area contributed by atoms with Crippen LogP contribution >= 0.6 is 0 Å². The number of fused-ring (bicyclic) bond motifs is 1. The number of ether oxygens (including phenoxy) is 1. The number of carbonyl (C=O) groups is 3. The molecule has 1 heterocycles. The maximum atomic E-state index is 12.3. The number of nitrogens with one attached hydrogen (secondary N) is 3. The van der Waals surface area contributed by atoms with Gasteiger partial charge in [-0.1, -0.05) is 42.5 Å². The molecule has 1 fully saturated rings. The molecule has 7 heteroatoms. The average Bonchev–Trinajstić information content (AvgIpc) is 3.24. The zero-order chi connectivity index (χ0) is 19.2. The Morgan fingerprint density at radius 2 is 1.96 bits per heavy atom. The van der Waals surface area contributed by atoms with Gasteiger partial charge in [-0.15, -0.1) is 0 Å². The van der Waals surface area contributed by atoms with E-state index < -0.39 is 17.9 Å². The standard InChI is InChI=1S/C20H23N3O4/c1-27-20(26)18(15-9-4-7-13-6-2-3-8-14(13)15)23-17(24)12-22-19(25)16-10-5-11-21-16/h2-4,6-9,16,18,21H,5,10-12H2,1H3,(H,22,25)(H,23,24). The summed E-state index contributed by atoms with van der Waals surface area (Å²) >= 11 is 0. The highest BCUT2D eigenvalue weighted by Crippen LogP contribution is 2.25. The van der Waals surface area contributed by atoms with Crippen molar-refractivity contribution < 1.29 is 19.1 Å². The van der Waals surface area contributed by atoms with Crippen molar-refractivity contribution in [2.75, 3.05) is 20.2 Å². The minimum atomic E-state index is -0.949. The number of hydrogen-bond acceptors (Lipinski definition) is 5. The molecule has 7 nitrogen and oxygen atoms in total. The molecular weight excluding hydrogens is 346 g/mol. The summed E-state index contributed by atoms with van der Waals surface area (Å²) in [6.45, 7) is 0.602. The molecule has 0 aromatic heterocycles. The molecule has 27 heavy (non-hydrogen) atoms. The Kier molecular flexibility index (Phi) is 6.03. The van der Waals surface area contributed by atoms with E-state index in [1.807, 2.05) is 36.4 Å². The van der Waals surface area contributed by atoms with Gasteiger partial charge in [-0.25, -0.2) is 4.79 Å². The molecule has 3 rings (SSSR count). The zero-order valence-corrected chi connectivity index (χ0v) is 15.2. The van der Waals surface area contributed by atoms with Crippen LogP contribution in [-0.4, -0.2) is 44.0 Å². The van der Waals surface area contributed by atoms with Gasteiger partial charge in [0.1, 0.15) is 0 Å². The summed E-state index contributed by atoms with van der Waals surface area (Å²) in [6.07, 6.45) is 1.70. The predicted octanol–water partition coefficient (Wildman–Crippen LogP) is 1.04. The summed E-state index contributed by atoms with van der Waals surface area (Å²) in [5.74, 6) is -1.23. The van der Waals surface area contributed by atoms with Crippen LogP contribution in [0.1, 0.15) is 24.4 Å². The van der Waals surface area contributed by atoms with Crippen molar-refractivity contribution >= 4 is 28.6 Å². The van der Waals surface area contributed by atoms with Gasteiger partial charge in [0.25, 0.3) is 0 Å². The van der Waals surface area contributed by atoms with Crippen LogP contribution in [-0.2, 0) is 19.1 Å². The van der Waals surface area contributed by atoms with E-state index in [2.05, 4.69) is 16.0 Å². The summed E-state index contributed by atoms with van der Waals surface area (Å²) < 4.78 is 4.87. The fourth-order valence-corrected chi connectivity index (χ4v) is 3.29. The summed E-state index contributed by atoms with van der Waals surface area (Å²) in [5.41, 5.74) is 0.650. The number of rotatable bonds is 6. The lowest BCUT2D eigenvalue weighted by Gasteiger charge is -2.19. The van der Waals surface area contributed by atoms with Crippen LogP contribution in [0.5, 0.6) is 0 Å². The second kappa shape index (κ2) is 8.64. The van der Waals surface area contributed by atoms with E-state index in [4.69, 9.17) is 4.74 Å². The Labute approximate surface area is 157 Å². The normalized spacial score (nSPS) is 17.3. The average molecular weight is 369 g/mol. The molecule has 142 valence electrons. The topological polar surface area (TPSA) is 96.5 Å². The van der Waals surface area contributed by atoms with E-state index in [-0.39, 0.29) is 18.5 Å². The molecule has 2 aromatic rings. The molecule has 0 radical (unpaired) electrons. The molecule has 1 aliphatic heterocycles. The van der Waals surface area contributed by atoms with E-state index in [1.165, 1.54) is 7.11 Å². The van der Waals surface area contributed by atoms with Crippen molar-refractivity contribution in [3.8, 4) is 0 Å². The molecule has 2 atom stereocenters. The van der Waals surface area contributed by atoms with Crippen molar-refractivity contribution in [1.82, 2.24) is 16.0 Å². The fourth-order valence-electron chi connectivity index (χ4n) is 3.29. The van der Waals surface area contributed by atoms with E-state index in [0.29, 0.717) is 5.56 Å². The Balaban J connectivity index is 1.72. The molecule has 1 aliphatic rings. The predicted molar refractivity (Wildman–Crippen MR) is 101 cm³/mol. The highest BCUT2D eigenvalue weighted by atomic mass is 16.5. The number of carbonyl (C=O) groups excluding carboxylic acids is 3. The first-order valence-corrected chi connectivity index (χ1v) is 8.96. The van der Waals surface area contributed by atoms with Crippen LogP contribution in [0.25, 0.3) is 10.8 Å². The first-order valence-electron chi connectivity index (χ1n) is 8.96. The molecule has 0 spiro atoms. The van der Waals surface area contributed by atoms with Crippen LogP contribution in [0.4, 0.5) is 0 Å². The van der Waals surface area contributed by atoms with Crippen LogP contribution in [0.2, 0.25) is 0 Å². The van der Waals surface area contributed by atoms with Crippen molar-refractivity contribution in [3.05, 3.63) is 48.0 Å². The third-order valence-corrected chi connectivity index (χ3v) is 4.68. The third kappa shape index (κ3) is 4.43. The summed E-state index contributed by atoms with van der Waals surface area (Å²) in [5, 5.41) is 10.2. The van der Waals surface area contributed by atoms with Gasteiger partial charge in [0, 0.05) is 0 Å². The van der Waals surface area contributed by atoms with E-state index in [9.17, 15) is 14.4 Å². The van der Waals surface area contributed by atoms with Crippen LogP contribution < -0.4 is 16.0 Å². The monoisotopic (exact) mass is 369 g/mol. The quantitative estimate of drug-likeness (QED) is 0.661. The van der Waals surface area contributed by atoms with Crippen molar-refractivity contribution in [1.29, 1.82) is 0 Å². The van der Waals surface area contributed by atoms with Crippen molar-refractivity contribution in [2.24, 2.45) is 0 Å². The summed E-state index contributed by atoms with van der Waals surface area (Å²) in [4.78, 5) is 36.7. The Morgan fingerprint density at radius 3 is 2.70 bits per heavy atom. The highest BCUT2D eigenvalue weighted by Gasteiger charge is 2.26. The fraction of sp³-hybridized carbons (Fsp3) is 0.350. The molecule has 2 amide bonds. The number of hydrogen-bond donors (Lipinski definition) is 3. The van der Waals surface area contributed by atoms with Gasteiger partial charge >= 0.3 is 5.97 Å². The summed E-state index contributed by atoms with van der Waals surface area (Å²) in [6, 6.07) is 11.9. The minimum Gasteiger partial charge on any atom is -0.467 e. The Hall–Kier alpha value is -2.93. The first kappa shape index (κ1) is 18.8. The second-order valence-electron chi connectivity index (χ2n) is 6.46. The van der Waals surface area contributed by atoms with E-state index >= 15 is 0 Å². The Bertz CT molecular complexity index is 841. The maximum absolute atomic E-state index is 12.3. The molecule has 2 aromatic carbocycles. The number of benzene rings is 2. The minimum absolute atomic E-state index is 0.199. The first-order chi connectivity index (χ1) is 13.1. The van der Waals surface area contributed by atoms with Gasteiger partial charge in [-0.3, -0.25) is 9.59 Å². The highest BCUT2D eigenvalue weighted by molar-refractivity contribution is 5.94. The summed E-state index contributed by atoms with van der Waals surface area (Å²) in [7, 11) is 1.28. The third-order valence-electron chi connectivity index (χ3n) is 4.68. The van der Waals surface area contributed by atoms with Gasteiger partial charge in [0.2, 0.25) is 11.8 Å². The van der Waals surface area contributed by atoms with Gasteiger partial charge in [0.05, 0.1) is 19.7 Å². The Morgan fingerprint density at radius 1 is 1.19 bits per heavy atom. The smallest absolute Gasteiger partial charge is 0.333 e. The zero-order valence-electron chi connectivity index (χ0n) is 15.2. The molecule has 0 saturated carbocycles. The lowest BCUT2D eigenvalue weighted by atomic mass is 9.98. The van der Waals surface area contributed by atoms with Gasteiger partial charge in [-0.05, 0) is 35.7 Å². The van der Waals surface area contributed by atoms with E-state index in [1.54, 1.807) is 6.07 Å². The molecule has 2 unspecified atom stereocenters. The number of methoxy groups -OCH3 is 1.